The van der Waals surface area contributed by atoms with Crippen molar-refractivity contribution in [3.63, 3.8) is 0 Å². The number of nitrogens with zero attached hydrogens (tertiary/aromatic N) is 2. The van der Waals surface area contributed by atoms with Crippen LogP contribution in [0.15, 0.2) is 56.6 Å². The second-order valence-electron chi connectivity index (χ2n) is 7.06. The quantitative estimate of drug-likeness (QED) is 0.635. The number of benzene rings is 2. The summed E-state index contributed by atoms with van der Waals surface area (Å²) in [6.45, 7) is 3.45. The number of aromatic nitrogens is 1. The fourth-order valence-electron chi connectivity index (χ4n) is 3.45. The van der Waals surface area contributed by atoms with Gasteiger partial charge >= 0.3 is 5.76 Å². The van der Waals surface area contributed by atoms with Crippen LogP contribution in [0.25, 0.3) is 11.1 Å². The Kier molecular flexibility index (Phi) is 5.33. The third-order valence-electron chi connectivity index (χ3n) is 5.07. The maximum atomic E-state index is 12.9. The van der Waals surface area contributed by atoms with Crippen molar-refractivity contribution in [3.05, 3.63) is 53.0 Å². The molecule has 1 saturated heterocycles. The van der Waals surface area contributed by atoms with E-state index in [9.17, 15) is 13.2 Å². The smallest absolute Gasteiger partial charge is 0.419 e. The van der Waals surface area contributed by atoms with Crippen molar-refractivity contribution in [2.45, 2.75) is 17.7 Å². The number of likely N-dealkylation sites (tertiary alicyclic amines) is 1. The molecule has 0 aliphatic carbocycles. The third kappa shape index (κ3) is 4.15. The van der Waals surface area contributed by atoms with Gasteiger partial charge in [0.15, 0.2) is 5.58 Å². The highest BCUT2D eigenvalue weighted by Gasteiger charge is 2.19. The molecule has 2 aromatic carbocycles. The van der Waals surface area contributed by atoms with Gasteiger partial charge in [-0.1, -0.05) is 12.1 Å². The summed E-state index contributed by atoms with van der Waals surface area (Å²) in [5, 5.41) is 0. The Balaban J connectivity index is 1.52. The molecule has 0 amide bonds. The first kappa shape index (κ1) is 19.5. The van der Waals surface area contributed by atoms with Gasteiger partial charge in [-0.3, -0.25) is 14.2 Å². The van der Waals surface area contributed by atoms with E-state index in [1.165, 1.54) is 29.5 Å². The lowest BCUT2D eigenvalue weighted by molar-refractivity contribution is 0.238. The van der Waals surface area contributed by atoms with Gasteiger partial charge in [0.25, 0.3) is 10.0 Å². The Bertz CT molecular complexity index is 1180. The summed E-state index contributed by atoms with van der Waals surface area (Å²) in [4.78, 5) is 14.0. The van der Waals surface area contributed by atoms with E-state index >= 15 is 0 Å². The van der Waals surface area contributed by atoms with Crippen molar-refractivity contribution in [3.8, 4) is 5.75 Å². The van der Waals surface area contributed by atoms with Gasteiger partial charge in [0, 0.05) is 19.7 Å². The highest BCUT2D eigenvalue weighted by molar-refractivity contribution is 7.92. The molecule has 0 saturated carbocycles. The van der Waals surface area contributed by atoms with Crippen molar-refractivity contribution >= 4 is 26.8 Å². The Morgan fingerprint density at radius 3 is 2.69 bits per heavy atom. The molecule has 0 unspecified atom stereocenters. The van der Waals surface area contributed by atoms with Gasteiger partial charge in [-0.25, -0.2) is 13.2 Å². The maximum Gasteiger partial charge on any atom is 0.419 e. The predicted octanol–water partition coefficient (Wildman–Crippen LogP) is 2.41. The standard InChI is InChI=1S/C20H23N3O5S/c1-22-17-9-8-15(14-19(17)28-20(22)24)29(25,26)21-16-6-2-3-7-18(16)27-13-12-23-10-4-5-11-23/h2-3,6-9,14,21H,4-5,10-13H2,1H3. The minimum absolute atomic E-state index is 0.00576. The predicted molar refractivity (Wildman–Crippen MR) is 110 cm³/mol. The molecule has 1 fully saturated rings. The van der Waals surface area contributed by atoms with Crippen LogP contribution in [0, 0.1) is 0 Å². The van der Waals surface area contributed by atoms with E-state index in [4.69, 9.17) is 9.15 Å². The number of ether oxygens (including phenoxy) is 1. The van der Waals surface area contributed by atoms with Crippen LogP contribution in [0.3, 0.4) is 0 Å². The van der Waals surface area contributed by atoms with Crippen molar-refractivity contribution in [1.82, 2.24) is 9.47 Å². The number of para-hydroxylation sites is 2. The second kappa shape index (κ2) is 7.92. The summed E-state index contributed by atoms with van der Waals surface area (Å²) < 4.78 is 40.6. The Morgan fingerprint density at radius 1 is 1.14 bits per heavy atom. The average molecular weight is 417 g/mol. The topological polar surface area (TPSA) is 93.8 Å². The number of aryl methyl sites for hydroxylation is 1. The average Bonchev–Trinajstić information content (AvgIpc) is 3.31. The van der Waals surface area contributed by atoms with Crippen molar-refractivity contribution in [2.75, 3.05) is 31.0 Å². The third-order valence-corrected chi connectivity index (χ3v) is 6.43. The Labute approximate surface area is 168 Å². The molecule has 1 aliphatic heterocycles. The molecule has 1 aliphatic rings. The van der Waals surface area contributed by atoms with Crippen LogP contribution in [0.5, 0.6) is 5.75 Å². The molecule has 1 N–H and O–H groups in total. The van der Waals surface area contributed by atoms with Gasteiger partial charge in [-0.15, -0.1) is 0 Å². The summed E-state index contributed by atoms with van der Waals surface area (Å²) in [5.74, 6) is -0.0677. The van der Waals surface area contributed by atoms with Crippen LogP contribution in [0.1, 0.15) is 12.8 Å². The van der Waals surface area contributed by atoms with Crippen molar-refractivity contribution in [1.29, 1.82) is 0 Å². The van der Waals surface area contributed by atoms with Crippen molar-refractivity contribution in [2.24, 2.45) is 7.05 Å². The van der Waals surface area contributed by atoms with Gasteiger partial charge in [-0.05, 0) is 50.2 Å². The zero-order valence-corrected chi connectivity index (χ0v) is 16.9. The summed E-state index contributed by atoms with van der Waals surface area (Å²) in [7, 11) is -2.32. The lowest BCUT2D eigenvalue weighted by Gasteiger charge is -2.17. The number of rotatable bonds is 7. The zero-order valence-electron chi connectivity index (χ0n) is 16.1. The molecule has 2 heterocycles. The number of hydrogen-bond donors (Lipinski definition) is 1. The molecule has 0 atom stereocenters. The number of hydrogen-bond acceptors (Lipinski definition) is 6. The molecular formula is C20H23N3O5S. The highest BCUT2D eigenvalue weighted by Crippen LogP contribution is 2.27. The van der Waals surface area contributed by atoms with Crippen LogP contribution >= 0.6 is 0 Å². The van der Waals surface area contributed by atoms with Gasteiger partial charge in [0.1, 0.15) is 12.4 Å². The van der Waals surface area contributed by atoms with Gasteiger partial charge < -0.3 is 9.15 Å². The molecule has 0 spiro atoms. The first-order valence-corrected chi connectivity index (χ1v) is 11.0. The molecule has 3 aromatic rings. The van der Waals surface area contributed by atoms with Crippen LogP contribution in [-0.4, -0.2) is 44.1 Å². The number of oxazole rings is 1. The molecule has 9 heteroatoms. The second-order valence-corrected chi connectivity index (χ2v) is 8.74. The van der Waals surface area contributed by atoms with Crippen LogP contribution < -0.4 is 15.2 Å². The molecule has 8 nitrogen and oxygen atoms in total. The molecule has 29 heavy (non-hydrogen) atoms. The van der Waals surface area contributed by atoms with E-state index < -0.39 is 15.8 Å². The monoisotopic (exact) mass is 417 g/mol. The van der Waals surface area contributed by atoms with Crippen LogP contribution in [-0.2, 0) is 17.1 Å². The van der Waals surface area contributed by atoms with E-state index in [-0.39, 0.29) is 10.5 Å². The molecule has 1 aromatic heterocycles. The summed E-state index contributed by atoms with van der Waals surface area (Å²) in [6, 6.07) is 11.3. The van der Waals surface area contributed by atoms with Crippen LogP contribution in [0.2, 0.25) is 0 Å². The fraction of sp³-hybridized carbons (Fsp3) is 0.350. The Hall–Kier alpha value is -2.78. The zero-order chi connectivity index (χ0) is 20.4. The van der Waals surface area contributed by atoms with E-state index in [1.807, 2.05) is 0 Å². The molecule has 4 rings (SSSR count). The number of anilines is 1. The first-order valence-electron chi connectivity index (χ1n) is 9.51. The number of fused-ring (bicyclic) bond motifs is 1. The van der Waals surface area contributed by atoms with E-state index in [2.05, 4.69) is 9.62 Å². The van der Waals surface area contributed by atoms with Gasteiger partial charge in [0.05, 0.1) is 16.1 Å². The SMILES string of the molecule is Cn1c(=O)oc2cc(S(=O)(=O)Nc3ccccc3OCCN3CCCC3)ccc21. The molecule has 0 radical (unpaired) electrons. The molecule has 154 valence electrons. The largest absolute Gasteiger partial charge is 0.490 e. The van der Waals surface area contributed by atoms with E-state index in [0.717, 1.165) is 19.6 Å². The van der Waals surface area contributed by atoms with Gasteiger partial charge in [0.2, 0.25) is 0 Å². The van der Waals surface area contributed by atoms with E-state index in [0.29, 0.717) is 23.6 Å². The summed E-state index contributed by atoms with van der Waals surface area (Å²) in [6.07, 6.45) is 2.42. The summed E-state index contributed by atoms with van der Waals surface area (Å²) >= 11 is 0. The van der Waals surface area contributed by atoms with Crippen molar-refractivity contribution < 1.29 is 17.6 Å². The Morgan fingerprint density at radius 2 is 1.90 bits per heavy atom. The van der Waals surface area contributed by atoms with E-state index in [1.54, 1.807) is 37.4 Å². The highest BCUT2D eigenvalue weighted by atomic mass is 32.2. The maximum absolute atomic E-state index is 12.9. The number of sulfonamides is 1. The fourth-order valence-corrected chi connectivity index (χ4v) is 4.54. The van der Waals surface area contributed by atoms with Gasteiger partial charge in [-0.2, -0.15) is 0 Å². The van der Waals surface area contributed by atoms with Crippen LogP contribution in [0.4, 0.5) is 5.69 Å². The minimum atomic E-state index is -3.88. The summed E-state index contributed by atoms with van der Waals surface area (Å²) in [5.41, 5.74) is 1.11. The lowest BCUT2D eigenvalue weighted by Crippen LogP contribution is -2.25. The minimum Gasteiger partial charge on any atom is -0.490 e. The molecular weight excluding hydrogens is 394 g/mol. The number of nitrogens with one attached hydrogen (secondary N) is 1. The lowest BCUT2D eigenvalue weighted by atomic mass is 10.3. The normalized spacial score (nSPS) is 15.1. The molecule has 0 bridgehead atoms. The first-order chi connectivity index (χ1) is 13.9.